The Hall–Kier alpha value is -2.66. The van der Waals surface area contributed by atoms with Crippen molar-refractivity contribution >= 4 is 23.2 Å². The Labute approximate surface area is 149 Å². The number of hydrogen-bond acceptors (Lipinski definition) is 2. The van der Waals surface area contributed by atoms with Crippen LogP contribution in [0.1, 0.15) is 18.1 Å². The van der Waals surface area contributed by atoms with Crippen LogP contribution in [0.2, 0.25) is 0 Å². The largest absolute Gasteiger partial charge is 0.321 e. The quantitative estimate of drug-likeness (QED) is 0.751. The number of hydrogen-bond donors (Lipinski definition) is 3. The molecule has 0 aliphatic carbocycles. The number of likely N-dealkylation sites (N-methyl/N-ethyl adjacent to an activating group) is 1. The van der Waals surface area contributed by atoms with E-state index in [1.165, 1.54) is 0 Å². The van der Waals surface area contributed by atoms with Crippen LogP contribution in [0.3, 0.4) is 0 Å². The number of aryl methyl sites for hydroxylation is 1. The zero-order valence-electron chi connectivity index (χ0n) is 15.2. The molecule has 25 heavy (non-hydrogen) atoms. The molecule has 0 spiro atoms. The summed E-state index contributed by atoms with van der Waals surface area (Å²) in [6.45, 7) is 6.03. The number of para-hydroxylation sites is 1. The van der Waals surface area contributed by atoms with Crippen molar-refractivity contribution in [2.24, 2.45) is 0 Å². The number of anilines is 2. The molecule has 0 bridgehead atoms. The van der Waals surface area contributed by atoms with E-state index < -0.39 is 0 Å². The van der Waals surface area contributed by atoms with Gasteiger partial charge in [-0.15, -0.1) is 0 Å². The molecule has 132 valence electrons. The van der Waals surface area contributed by atoms with Gasteiger partial charge in [0.05, 0.1) is 7.05 Å². The van der Waals surface area contributed by atoms with Gasteiger partial charge in [0, 0.05) is 11.4 Å². The fourth-order valence-electron chi connectivity index (χ4n) is 2.48. The van der Waals surface area contributed by atoms with E-state index >= 15 is 0 Å². The minimum Gasteiger partial charge on any atom is -0.321 e. The zero-order valence-corrected chi connectivity index (χ0v) is 15.2. The van der Waals surface area contributed by atoms with Crippen LogP contribution in [-0.4, -0.2) is 31.4 Å². The maximum absolute atomic E-state index is 12.3. The Balaban J connectivity index is 1.91. The molecule has 5 nitrogen and oxygen atoms in total. The average Bonchev–Trinajstić information content (AvgIpc) is 2.59. The Morgan fingerprint density at radius 2 is 1.68 bits per heavy atom. The Bertz CT molecular complexity index is 744. The molecule has 2 aromatic carbocycles. The molecule has 0 radical (unpaired) electrons. The lowest BCUT2D eigenvalue weighted by atomic mass is 10.1. The van der Waals surface area contributed by atoms with Gasteiger partial charge >= 0.3 is 0 Å². The van der Waals surface area contributed by atoms with Crippen LogP contribution in [-0.2, 0) is 9.59 Å². The second kappa shape index (κ2) is 8.44. The number of rotatable bonds is 6. The van der Waals surface area contributed by atoms with Crippen LogP contribution in [0.15, 0.2) is 48.5 Å². The number of carbonyl (C=O) groups excluding carboxylic acids is 2. The maximum atomic E-state index is 12.3. The van der Waals surface area contributed by atoms with E-state index in [-0.39, 0.29) is 24.4 Å². The lowest BCUT2D eigenvalue weighted by Gasteiger charge is -2.21. The molecular weight excluding hydrogens is 314 g/mol. The molecule has 0 saturated heterocycles. The highest BCUT2D eigenvalue weighted by Crippen LogP contribution is 2.17. The molecule has 5 heteroatoms. The molecule has 2 rings (SSSR count). The van der Waals surface area contributed by atoms with Gasteiger partial charge in [-0.05, 0) is 50.1 Å². The summed E-state index contributed by atoms with van der Waals surface area (Å²) in [7, 11) is 1.85. The summed E-state index contributed by atoms with van der Waals surface area (Å²) >= 11 is 0. The first-order chi connectivity index (χ1) is 11.9. The van der Waals surface area contributed by atoms with Crippen molar-refractivity contribution in [1.82, 2.24) is 0 Å². The van der Waals surface area contributed by atoms with E-state index in [4.69, 9.17) is 0 Å². The van der Waals surface area contributed by atoms with Crippen LogP contribution in [0, 0.1) is 13.8 Å². The van der Waals surface area contributed by atoms with E-state index in [1.54, 1.807) is 0 Å². The second-order valence-electron chi connectivity index (χ2n) is 6.40. The smallest absolute Gasteiger partial charge is 0.282 e. The van der Waals surface area contributed by atoms with Crippen LogP contribution < -0.4 is 15.5 Å². The maximum Gasteiger partial charge on any atom is 0.282 e. The third kappa shape index (κ3) is 5.16. The molecule has 2 amide bonds. The van der Waals surface area contributed by atoms with E-state index in [0.717, 1.165) is 27.4 Å². The van der Waals surface area contributed by atoms with Crippen LogP contribution >= 0.6 is 0 Å². The summed E-state index contributed by atoms with van der Waals surface area (Å²) in [5.41, 5.74) is 3.77. The van der Waals surface area contributed by atoms with Gasteiger partial charge < -0.3 is 15.5 Å². The van der Waals surface area contributed by atoms with Gasteiger partial charge in [0.25, 0.3) is 11.8 Å². The second-order valence-corrected chi connectivity index (χ2v) is 6.40. The average molecular weight is 340 g/mol. The monoisotopic (exact) mass is 340 g/mol. The summed E-state index contributed by atoms with van der Waals surface area (Å²) in [6.07, 6.45) is 0. The van der Waals surface area contributed by atoms with E-state index in [0.29, 0.717) is 0 Å². The summed E-state index contributed by atoms with van der Waals surface area (Å²) < 4.78 is 0. The standard InChI is InChI=1S/C20H25N3O2/c1-14-9-8-12-18(15(14)2)22-19(24)13-23(4)16(3)20(25)21-17-10-6-5-7-11-17/h5-12,16H,13H2,1-4H3,(H,21,25)(H,22,24)/p+1/t16-/m1/s1. The number of quaternary nitrogens is 1. The van der Waals surface area contributed by atoms with Crippen LogP contribution in [0.25, 0.3) is 0 Å². The summed E-state index contributed by atoms with van der Waals surface area (Å²) in [6, 6.07) is 14.8. The highest BCUT2D eigenvalue weighted by Gasteiger charge is 2.24. The molecule has 0 aliphatic rings. The van der Waals surface area contributed by atoms with Crippen molar-refractivity contribution in [1.29, 1.82) is 0 Å². The lowest BCUT2D eigenvalue weighted by molar-refractivity contribution is -0.885. The molecule has 0 fully saturated rings. The van der Waals surface area contributed by atoms with Crippen molar-refractivity contribution in [2.75, 3.05) is 24.2 Å². The zero-order chi connectivity index (χ0) is 18.4. The van der Waals surface area contributed by atoms with Gasteiger partial charge in [-0.1, -0.05) is 30.3 Å². The molecular formula is C20H26N3O2+. The van der Waals surface area contributed by atoms with Crippen LogP contribution in [0.5, 0.6) is 0 Å². The third-order valence-electron chi connectivity index (χ3n) is 4.49. The first-order valence-electron chi connectivity index (χ1n) is 8.42. The molecule has 0 aromatic heterocycles. The van der Waals surface area contributed by atoms with Gasteiger partial charge in [0.15, 0.2) is 12.6 Å². The predicted molar refractivity (Wildman–Crippen MR) is 101 cm³/mol. The summed E-state index contributed by atoms with van der Waals surface area (Å²) in [5.74, 6) is -0.214. The normalized spacial score (nSPS) is 13.0. The summed E-state index contributed by atoms with van der Waals surface area (Å²) in [4.78, 5) is 25.5. The van der Waals surface area contributed by atoms with Gasteiger partial charge in [0.2, 0.25) is 0 Å². The molecule has 0 saturated carbocycles. The predicted octanol–water partition coefficient (Wildman–Crippen LogP) is 1.78. The highest BCUT2D eigenvalue weighted by atomic mass is 16.2. The molecule has 0 heterocycles. The fraction of sp³-hybridized carbons (Fsp3) is 0.300. The molecule has 1 unspecified atom stereocenters. The van der Waals surface area contributed by atoms with E-state index in [1.807, 2.05) is 76.3 Å². The van der Waals surface area contributed by atoms with Crippen LogP contribution in [0.4, 0.5) is 11.4 Å². The van der Waals surface area contributed by atoms with Crippen molar-refractivity contribution in [3.8, 4) is 0 Å². The van der Waals surface area contributed by atoms with Crippen molar-refractivity contribution in [3.63, 3.8) is 0 Å². The highest BCUT2D eigenvalue weighted by molar-refractivity contribution is 5.94. The lowest BCUT2D eigenvalue weighted by Crippen LogP contribution is -3.14. The Morgan fingerprint density at radius 1 is 1.00 bits per heavy atom. The Morgan fingerprint density at radius 3 is 2.36 bits per heavy atom. The van der Waals surface area contributed by atoms with Crippen molar-refractivity contribution in [2.45, 2.75) is 26.8 Å². The fourth-order valence-corrected chi connectivity index (χ4v) is 2.48. The van der Waals surface area contributed by atoms with Gasteiger partial charge in [-0.25, -0.2) is 0 Å². The molecule has 3 N–H and O–H groups in total. The van der Waals surface area contributed by atoms with Gasteiger partial charge in [0.1, 0.15) is 0 Å². The van der Waals surface area contributed by atoms with Crippen molar-refractivity contribution < 1.29 is 14.5 Å². The third-order valence-corrected chi connectivity index (χ3v) is 4.49. The molecule has 2 aromatic rings. The summed E-state index contributed by atoms with van der Waals surface area (Å²) in [5, 5.41) is 5.80. The molecule has 2 atom stereocenters. The number of carbonyl (C=O) groups is 2. The van der Waals surface area contributed by atoms with Gasteiger partial charge in [-0.2, -0.15) is 0 Å². The Kier molecular flexibility index (Phi) is 6.31. The van der Waals surface area contributed by atoms with E-state index in [2.05, 4.69) is 10.6 Å². The number of benzene rings is 2. The van der Waals surface area contributed by atoms with E-state index in [9.17, 15) is 9.59 Å². The van der Waals surface area contributed by atoms with Crippen molar-refractivity contribution in [3.05, 3.63) is 59.7 Å². The minimum atomic E-state index is -0.343. The number of nitrogens with one attached hydrogen (secondary N) is 3. The SMILES string of the molecule is Cc1cccc(NC(=O)C[NH+](C)[C@H](C)C(=O)Nc2ccccc2)c1C. The minimum absolute atomic E-state index is 0.106. The topological polar surface area (TPSA) is 62.6 Å². The number of amides is 2. The first-order valence-corrected chi connectivity index (χ1v) is 8.42. The molecule has 0 aliphatic heterocycles. The van der Waals surface area contributed by atoms with Gasteiger partial charge in [-0.3, -0.25) is 9.59 Å². The first kappa shape index (κ1) is 18.7.